The number of amides is 1. The van der Waals surface area contributed by atoms with Crippen molar-refractivity contribution in [2.75, 3.05) is 24.8 Å². The van der Waals surface area contributed by atoms with E-state index >= 15 is 0 Å². The van der Waals surface area contributed by atoms with E-state index < -0.39 is 29.3 Å². The average molecular weight is 361 g/mol. The van der Waals surface area contributed by atoms with Gasteiger partial charge in [-0.1, -0.05) is 12.1 Å². The van der Waals surface area contributed by atoms with Gasteiger partial charge in [0, 0.05) is 11.9 Å². The summed E-state index contributed by atoms with van der Waals surface area (Å²) in [5, 5.41) is 2.62. The molecule has 1 amide bonds. The minimum Gasteiger partial charge on any atom is -0.494 e. The number of nitrogens with one attached hydrogen (secondary N) is 1. The molecule has 0 heterocycles. The van der Waals surface area contributed by atoms with Crippen LogP contribution in [0.25, 0.3) is 0 Å². The first kappa shape index (κ1) is 18.7. The van der Waals surface area contributed by atoms with Crippen molar-refractivity contribution in [2.45, 2.75) is 11.8 Å². The fraction of sp³-hybridized carbons (Fsp3) is 0.222. The van der Waals surface area contributed by atoms with Crippen molar-refractivity contribution in [2.24, 2.45) is 0 Å². The van der Waals surface area contributed by atoms with Gasteiger partial charge in [0.2, 0.25) is 0 Å². The number of benzene rings is 2. The number of hydrogen-bond donors (Lipinski definition) is 1. The van der Waals surface area contributed by atoms with E-state index in [1.165, 1.54) is 12.3 Å². The summed E-state index contributed by atoms with van der Waals surface area (Å²) in [7, 11) is -1.32. The Balaban J connectivity index is 1.91. The zero-order valence-corrected chi connectivity index (χ0v) is 14.8. The van der Waals surface area contributed by atoms with E-state index in [0.29, 0.717) is 22.9 Å². The molecule has 2 aromatic rings. The Labute approximate surface area is 148 Å². The molecule has 25 heavy (non-hydrogen) atoms. The number of carbonyl (C=O) groups is 2. The highest BCUT2D eigenvalue weighted by molar-refractivity contribution is 7.84. The molecule has 0 saturated carbocycles. The van der Waals surface area contributed by atoms with Gasteiger partial charge in [-0.25, -0.2) is 4.79 Å². The van der Waals surface area contributed by atoms with Gasteiger partial charge in [0.05, 0.1) is 27.9 Å². The third-order valence-electron chi connectivity index (χ3n) is 3.20. The Morgan fingerprint density at radius 2 is 1.76 bits per heavy atom. The first-order valence-corrected chi connectivity index (χ1v) is 9.19. The van der Waals surface area contributed by atoms with Crippen LogP contribution in [0.5, 0.6) is 5.75 Å². The predicted octanol–water partition coefficient (Wildman–Crippen LogP) is 2.62. The van der Waals surface area contributed by atoms with Gasteiger partial charge in [-0.15, -0.1) is 0 Å². The summed E-state index contributed by atoms with van der Waals surface area (Å²) in [6.07, 6.45) is 1.48. The second-order valence-corrected chi connectivity index (χ2v) is 6.38. The molecule has 0 fully saturated rings. The van der Waals surface area contributed by atoms with Gasteiger partial charge in [0.15, 0.2) is 6.61 Å². The number of anilines is 1. The highest BCUT2D eigenvalue weighted by atomic mass is 32.2. The van der Waals surface area contributed by atoms with Gasteiger partial charge in [-0.2, -0.15) is 0 Å². The molecule has 6 nitrogen and oxygen atoms in total. The van der Waals surface area contributed by atoms with Gasteiger partial charge in [-0.3, -0.25) is 9.00 Å². The summed E-state index contributed by atoms with van der Waals surface area (Å²) < 4.78 is 22.0. The fourth-order valence-electron chi connectivity index (χ4n) is 2.09. The summed E-state index contributed by atoms with van der Waals surface area (Å²) in [5.41, 5.74) is 0.761. The number of carbonyl (C=O) groups excluding carboxylic acids is 2. The quantitative estimate of drug-likeness (QED) is 0.767. The number of esters is 1. The van der Waals surface area contributed by atoms with E-state index in [1.807, 2.05) is 6.92 Å². The van der Waals surface area contributed by atoms with Crippen LogP contribution in [-0.4, -0.2) is 35.6 Å². The maximum Gasteiger partial charge on any atom is 0.339 e. The maximum atomic E-state index is 12.1. The molecule has 2 rings (SSSR count). The minimum atomic E-state index is -1.32. The summed E-state index contributed by atoms with van der Waals surface area (Å²) in [4.78, 5) is 24.4. The molecule has 2 aromatic carbocycles. The molecule has 1 atom stereocenters. The molecule has 1 N–H and O–H groups in total. The van der Waals surface area contributed by atoms with Crippen LogP contribution in [0, 0.1) is 0 Å². The Bertz CT molecular complexity index is 773. The number of rotatable bonds is 7. The number of ether oxygens (including phenoxy) is 2. The van der Waals surface area contributed by atoms with Gasteiger partial charge in [0.1, 0.15) is 5.75 Å². The van der Waals surface area contributed by atoms with Crippen LogP contribution in [0.15, 0.2) is 53.4 Å². The molecule has 0 saturated heterocycles. The Hall–Kier alpha value is -2.67. The standard InChI is InChI=1S/C18H19NO5S/c1-3-23-14-10-8-13(9-11-14)19-17(20)12-24-18(21)15-6-4-5-7-16(15)25(2)22/h4-11H,3,12H2,1-2H3,(H,19,20)/t25-/m1/s1. The van der Waals surface area contributed by atoms with Crippen molar-refractivity contribution >= 4 is 28.4 Å². The molecule has 0 aliphatic carbocycles. The zero-order chi connectivity index (χ0) is 18.2. The minimum absolute atomic E-state index is 0.192. The summed E-state index contributed by atoms with van der Waals surface area (Å²) in [5.74, 6) is -0.448. The van der Waals surface area contributed by atoms with Crippen molar-refractivity contribution in [3.63, 3.8) is 0 Å². The van der Waals surface area contributed by atoms with Gasteiger partial charge < -0.3 is 14.8 Å². The van der Waals surface area contributed by atoms with Crippen LogP contribution in [0.1, 0.15) is 17.3 Å². The first-order valence-electron chi connectivity index (χ1n) is 7.63. The molecule has 0 radical (unpaired) electrons. The smallest absolute Gasteiger partial charge is 0.339 e. The highest BCUT2D eigenvalue weighted by Gasteiger charge is 2.16. The van der Waals surface area contributed by atoms with E-state index in [-0.39, 0.29) is 5.56 Å². The van der Waals surface area contributed by atoms with E-state index in [1.54, 1.807) is 42.5 Å². The van der Waals surface area contributed by atoms with Crippen LogP contribution in [0.4, 0.5) is 5.69 Å². The topological polar surface area (TPSA) is 81.7 Å². The number of hydrogen-bond acceptors (Lipinski definition) is 5. The lowest BCUT2D eigenvalue weighted by molar-refractivity contribution is -0.119. The van der Waals surface area contributed by atoms with E-state index in [9.17, 15) is 13.8 Å². The fourth-order valence-corrected chi connectivity index (χ4v) is 2.82. The van der Waals surface area contributed by atoms with Crippen LogP contribution < -0.4 is 10.1 Å². The third kappa shape index (κ3) is 5.42. The van der Waals surface area contributed by atoms with Crippen molar-refractivity contribution in [3.05, 3.63) is 54.1 Å². The Morgan fingerprint density at radius 1 is 1.08 bits per heavy atom. The SMILES string of the molecule is CCOc1ccc(NC(=O)COC(=O)c2ccccc2[S@@](C)=O)cc1. The van der Waals surface area contributed by atoms with Gasteiger partial charge in [-0.05, 0) is 43.3 Å². The molecular formula is C18H19NO5S. The van der Waals surface area contributed by atoms with Crippen molar-refractivity contribution in [1.82, 2.24) is 0 Å². The summed E-state index contributed by atoms with van der Waals surface area (Å²) >= 11 is 0. The molecule has 0 spiro atoms. The molecule has 0 aliphatic rings. The molecule has 0 aliphatic heterocycles. The van der Waals surface area contributed by atoms with Gasteiger partial charge in [0.25, 0.3) is 5.91 Å². The predicted molar refractivity (Wildman–Crippen MR) is 95.3 cm³/mol. The zero-order valence-electron chi connectivity index (χ0n) is 14.0. The maximum absolute atomic E-state index is 12.1. The molecule has 0 unspecified atom stereocenters. The van der Waals surface area contributed by atoms with Crippen LogP contribution >= 0.6 is 0 Å². The lowest BCUT2D eigenvalue weighted by atomic mass is 10.2. The summed E-state index contributed by atoms with van der Waals surface area (Å²) in [6.45, 7) is 2.01. The largest absolute Gasteiger partial charge is 0.494 e. The molecule has 0 bridgehead atoms. The Morgan fingerprint density at radius 3 is 2.40 bits per heavy atom. The van der Waals surface area contributed by atoms with E-state index in [4.69, 9.17) is 9.47 Å². The van der Waals surface area contributed by atoms with Crippen molar-refractivity contribution < 1.29 is 23.3 Å². The van der Waals surface area contributed by atoms with Gasteiger partial charge >= 0.3 is 5.97 Å². The van der Waals surface area contributed by atoms with E-state index in [2.05, 4.69) is 5.32 Å². The van der Waals surface area contributed by atoms with Crippen molar-refractivity contribution in [3.8, 4) is 5.75 Å². The van der Waals surface area contributed by atoms with Crippen LogP contribution in [0.3, 0.4) is 0 Å². The Kier molecular flexibility index (Phi) is 6.71. The average Bonchev–Trinajstić information content (AvgIpc) is 2.61. The summed E-state index contributed by atoms with van der Waals surface area (Å²) in [6, 6.07) is 13.3. The third-order valence-corrected chi connectivity index (χ3v) is 4.18. The second kappa shape index (κ2) is 8.98. The lowest BCUT2D eigenvalue weighted by Crippen LogP contribution is -2.21. The van der Waals surface area contributed by atoms with E-state index in [0.717, 1.165) is 0 Å². The monoisotopic (exact) mass is 361 g/mol. The van der Waals surface area contributed by atoms with Crippen molar-refractivity contribution in [1.29, 1.82) is 0 Å². The highest BCUT2D eigenvalue weighted by Crippen LogP contribution is 2.16. The normalized spacial score (nSPS) is 11.4. The molecule has 0 aromatic heterocycles. The molecule has 7 heteroatoms. The second-order valence-electron chi connectivity index (χ2n) is 5.03. The lowest BCUT2D eigenvalue weighted by Gasteiger charge is -2.09. The molecule has 132 valence electrons. The van der Waals surface area contributed by atoms with Crippen LogP contribution in [-0.2, 0) is 20.3 Å². The molecular weight excluding hydrogens is 342 g/mol. The van der Waals surface area contributed by atoms with Crippen LogP contribution in [0.2, 0.25) is 0 Å². The first-order chi connectivity index (χ1) is 12.0.